The Morgan fingerprint density at radius 3 is 2.30 bits per heavy atom. The SMILES string of the molecule is Cc1c(C(N)=O)cc(-c2ccc3c(c2)C(C)(C)CCC3(C)C)n1CC1CC1. The van der Waals surface area contributed by atoms with E-state index in [4.69, 9.17) is 5.73 Å². The van der Waals surface area contributed by atoms with Crippen LogP contribution < -0.4 is 5.73 Å². The fourth-order valence-electron chi connectivity index (χ4n) is 4.68. The highest BCUT2D eigenvalue weighted by molar-refractivity contribution is 5.95. The molecule has 0 radical (unpaired) electrons. The molecule has 0 aliphatic heterocycles. The molecule has 144 valence electrons. The van der Waals surface area contributed by atoms with E-state index in [-0.39, 0.29) is 16.7 Å². The van der Waals surface area contributed by atoms with Crippen molar-refractivity contribution in [3.63, 3.8) is 0 Å². The largest absolute Gasteiger partial charge is 0.366 e. The number of carbonyl (C=O) groups is 1. The molecule has 1 aromatic carbocycles. The zero-order valence-electron chi connectivity index (χ0n) is 17.4. The summed E-state index contributed by atoms with van der Waals surface area (Å²) in [5, 5.41) is 0. The minimum atomic E-state index is -0.331. The number of aromatic nitrogens is 1. The molecule has 1 amide bonds. The Kier molecular flexibility index (Phi) is 4.06. The molecule has 0 atom stereocenters. The summed E-state index contributed by atoms with van der Waals surface area (Å²) in [5.74, 6) is 0.409. The molecule has 4 rings (SSSR count). The number of amides is 1. The van der Waals surface area contributed by atoms with Crippen LogP contribution in [0, 0.1) is 12.8 Å². The van der Waals surface area contributed by atoms with Crippen molar-refractivity contribution < 1.29 is 4.79 Å². The first-order chi connectivity index (χ1) is 12.6. The van der Waals surface area contributed by atoms with Crippen LogP contribution in [0.5, 0.6) is 0 Å². The highest BCUT2D eigenvalue weighted by Gasteiger charge is 2.37. The third kappa shape index (κ3) is 3.11. The molecule has 0 bridgehead atoms. The first-order valence-electron chi connectivity index (χ1n) is 10.3. The normalized spacial score (nSPS) is 20.3. The van der Waals surface area contributed by atoms with Crippen LogP contribution in [0.1, 0.15) is 80.6 Å². The van der Waals surface area contributed by atoms with Gasteiger partial charge >= 0.3 is 0 Å². The van der Waals surface area contributed by atoms with E-state index in [9.17, 15) is 4.79 Å². The summed E-state index contributed by atoms with van der Waals surface area (Å²) >= 11 is 0. The van der Waals surface area contributed by atoms with Crippen molar-refractivity contribution in [1.82, 2.24) is 4.57 Å². The molecule has 3 nitrogen and oxygen atoms in total. The summed E-state index contributed by atoms with van der Waals surface area (Å²) in [7, 11) is 0. The number of benzene rings is 1. The molecule has 2 N–H and O–H groups in total. The molecule has 2 aromatic rings. The smallest absolute Gasteiger partial charge is 0.250 e. The lowest BCUT2D eigenvalue weighted by atomic mass is 9.63. The molecule has 3 heteroatoms. The number of primary amides is 1. The van der Waals surface area contributed by atoms with Crippen LogP contribution in [0.2, 0.25) is 0 Å². The Labute approximate surface area is 163 Å². The van der Waals surface area contributed by atoms with Crippen LogP contribution >= 0.6 is 0 Å². The highest BCUT2D eigenvalue weighted by Crippen LogP contribution is 2.47. The van der Waals surface area contributed by atoms with Crippen molar-refractivity contribution in [3.05, 3.63) is 46.6 Å². The van der Waals surface area contributed by atoms with Crippen LogP contribution in [0.4, 0.5) is 0 Å². The summed E-state index contributed by atoms with van der Waals surface area (Å²) in [5.41, 5.74) is 13.0. The summed E-state index contributed by atoms with van der Waals surface area (Å²) in [4.78, 5) is 11.9. The maximum Gasteiger partial charge on any atom is 0.250 e. The Morgan fingerprint density at radius 1 is 1.07 bits per heavy atom. The van der Waals surface area contributed by atoms with E-state index in [1.54, 1.807) is 0 Å². The van der Waals surface area contributed by atoms with Gasteiger partial charge in [-0.05, 0) is 78.2 Å². The summed E-state index contributed by atoms with van der Waals surface area (Å²) in [6, 6.07) is 8.94. The standard InChI is InChI=1S/C24H32N2O/c1-15-18(22(25)27)13-21(26(15)14-16-6-7-16)17-8-9-19-20(12-17)24(4,5)11-10-23(19,2)3/h8-9,12-13,16H,6-7,10-11,14H2,1-5H3,(H2,25,27). The maximum atomic E-state index is 11.9. The number of nitrogens with zero attached hydrogens (tertiary/aromatic N) is 1. The topological polar surface area (TPSA) is 48.0 Å². The van der Waals surface area contributed by atoms with E-state index in [1.807, 2.05) is 13.0 Å². The second kappa shape index (κ2) is 5.98. The zero-order chi connectivity index (χ0) is 19.6. The molecule has 2 aliphatic rings. The molecule has 1 heterocycles. The number of hydrogen-bond donors (Lipinski definition) is 1. The monoisotopic (exact) mass is 364 g/mol. The average molecular weight is 365 g/mol. The van der Waals surface area contributed by atoms with Gasteiger partial charge in [0, 0.05) is 17.9 Å². The van der Waals surface area contributed by atoms with E-state index in [0.29, 0.717) is 5.56 Å². The van der Waals surface area contributed by atoms with Crippen molar-refractivity contribution in [2.45, 2.75) is 77.7 Å². The Bertz CT molecular complexity index is 913. The lowest BCUT2D eigenvalue weighted by Gasteiger charge is -2.42. The Hall–Kier alpha value is -2.03. The number of hydrogen-bond acceptors (Lipinski definition) is 1. The minimum Gasteiger partial charge on any atom is -0.366 e. The van der Waals surface area contributed by atoms with Crippen LogP contribution in [0.15, 0.2) is 24.3 Å². The van der Waals surface area contributed by atoms with Gasteiger partial charge in [-0.3, -0.25) is 4.79 Å². The Balaban J connectivity index is 1.87. The van der Waals surface area contributed by atoms with Gasteiger partial charge in [-0.15, -0.1) is 0 Å². The van der Waals surface area contributed by atoms with Crippen molar-refractivity contribution in [2.75, 3.05) is 0 Å². The molecule has 0 unspecified atom stereocenters. The van der Waals surface area contributed by atoms with E-state index >= 15 is 0 Å². The van der Waals surface area contributed by atoms with Crippen LogP contribution in [-0.4, -0.2) is 10.5 Å². The van der Waals surface area contributed by atoms with Crippen molar-refractivity contribution in [1.29, 1.82) is 0 Å². The molecular formula is C24H32N2O. The number of carbonyl (C=O) groups excluding carboxylic acids is 1. The first kappa shape index (κ1) is 18.3. The number of nitrogens with two attached hydrogens (primary N) is 1. The summed E-state index contributed by atoms with van der Waals surface area (Å²) in [6.07, 6.45) is 4.99. The molecule has 1 saturated carbocycles. The molecule has 0 spiro atoms. The third-order valence-corrected chi connectivity index (χ3v) is 6.92. The summed E-state index contributed by atoms with van der Waals surface area (Å²) in [6.45, 7) is 12.4. The van der Waals surface area contributed by atoms with Crippen molar-refractivity contribution in [3.8, 4) is 11.3 Å². The van der Waals surface area contributed by atoms with Crippen molar-refractivity contribution >= 4 is 5.91 Å². The van der Waals surface area contributed by atoms with Gasteiger partial charge in [0.1, 0.15) is 0 Å². The number of rotatable bonds is 4. The van der Waals surface area contributed by atoms with Gasteiger partial charge in [0.05, 0.1) is 5.56 Å². The molecule has 2 aliphatic carbocycles. The van der Waals surface area contributed by atoms with Crippen LogP contribution in [0.25, 0.3) is 11.3 Å². The maximum absolute atomic E-state index is 11.9. The molecular weight excluding hydrogens is 332 g/mol. The van der Waals surface area contributed by atoms with Gasteiger partial charge in [0.15, 0.2) is 0 Å². The quantitative estimate of drug-likeness (QED) is 0.784. The Morgan fingerprint density at radius 2 is 1.70 bits per heavy atom. The second-order valence-electron chi connectivity index (χ2n) is 9.98. The minimum absolute atomic E-state index is 0.177. The van der Waals surface area contributed by atoms with Gasteiger partial charge < -0.3 is 10.3 Å². The molecule has 0 saturated heterocycles. The fourth-order valence-corrected chi connectivity index (χ4v) is 4.68. The first-order valence-corrected chi connectivity index (χ1v) is 10.3. The van der Waals surface area contributed by atoms with Gasteiger partial charge in [0.25, 0.3) is 5.91 Å². The van der Waals surface area contributed by atoms with E-state index in [1.165, 1.54) is 42.4 Å². The van der Waals surface area contributed by atoms with E-state index < -0.39 is 0 Å². The predicted molar refractivity (Wildman–Crippen MR) is 111 cm³/mol. The molecule has 27 heavy (non-hydrogen) atoms. The third-order valence-electron chi connectivity index (χ3n) is 6.92. The van der Waals surface area contributed by atoms with Gasteiger partial charge in [0.2, 0.25) is 0 Å². The van der Waals surface area contributed by atoms with Crippen LogP contribution in [0.3, 0.4) is 0 Å². The fraction of sp³-hybridized carbons (Fsp3) is 0.542. The molecule has 1 aromatic heterocycles. The van der Waals surface area contributed by atoms with Crippen LogP contribution in [-0.2, 0) is 17.4 Å². The lowest BCUT2D eigenvalue weighted by Crippen LogP contribution is -2.33. The van der Waals surface area contributed by atoms with Gasteiger partial charge in [-0.2, -0.15) is 0 Å². The summed E-state index contributed by atoms with van der Waals surface area (Å²) < 4.78 is 2.32. The zero-order valence-corrected chi connectivity index (χ0v) is 17.4. The highest BCUT2D eigenvalue weighted by atomic mass is 16.1. The lowest BCUT2D eigenvalue weighted by molar-refractivity contribution is 0.0999. The van der Waals surface area contributed by atoms with E-state index in [2.05, 4.69) is 50.5 Å². The van der Waals surface area contributed by atoms with Gasteiger partial charge in [-0.1, -0.05) is 39.8 Å². The average Bonchev–Trinajstić information content (AvgIpc) is 3.35. The van der Waals surface area contributed by atoms with Gasteiger partial charge in [-0.25, -0.2) is 0 Å². The predicted octanol–water partition coefficient (Wildman–Crippen LogP) is 5.32. The number of fused-ring (bicyclic) bond motifs is 1. The second-order valence-corrected chi connectivity index (χ2v) is 9.98. The van der Waals surface area contributed by atoms with Crippen molar-refractivity contribution in [2.24, 2.45) is 11.7 Å². The van der Waals surface area contributed by atoms with E-state index in [0.717, 1.165) is 23.9 Å². The molecule has 1 fully saturated rings.